The van der Waals surface area contributed by atoms with E-state index in [1.54, 1.807) is 23.5 Å². The van der Waals surface area contributed by atoms with Crippen molar-refractivity contribution in [3.8, 4) is 5.75 Å². The number of thiazole rings is 1. The van der Waals surface area contributed by atoms with Crippen LogP contribution >= 0.6 is 11.3 Å². The molecule has 0 saturated carbocycles. The van der Waals surface area contributed by atoms with Gasteiger partial charge in [-0.25, -0.2) is 9.37 Å². The monoisotopic (exact) mass is 266 g/mol. The number of benzene rings is 1. The first-order valence-corrected chi connectivity index (χ1v) is 6.37. The van der Waals surface area contributed by atoms with Crippen LogP contribution in [0.2, 0.25) is 0 Å². The van der Waals surface area contributed by atoms with Gasteiger partial charge in [-0.3, -0.25) is 0 Å². The number of nitrogens with zero attached hydrogens (tertiary/aromatic N) is 1. The smallest absolute Gasteiger partial charge is 0.165 e. The average Bonchev–Trinajstić information content (AvgIpc) is 2.68. The van der Waals surface area contributed by atoms with Crippen LogP contribution in [0, 0.1) is 19.7 Å². The lowest BCUT2D eigenvalue weighted by atomic mass is 10.1. The van der Waals surface area contributed by atoms with Gasteiger partial charge >= 0.3 is 0 Å². The first-order valence-electron chi connectivity index (χ1n) is 5.56. The van der Waals surface area contributed by atoms with Gasteiger partial charge < -0.3 is 10.5 Å². The number of methoxy groups -OCH3 is 1. The fourth-order valence-electron chi connectivity index (χ4n) is 1.65. The van der Waals surface area contributed by atoms with Crippen LogP contribution in [0.3, 0.4) is 0 Å². The van der Waals surface area contributed by atoms with E-state index in [1.807, 2.05) is 13.8 Å². The van der Waals surface area contributed by atoms with Gasteiger partial charge in [0.05, 0.1) is 18.8 Å². The average molecular weight is 266 g/mol. The molecule has 1 unspecified atom stereocenters. The summed E-state index contributed by atoms with van der Waals surface area (Å²) in [5.74, 6) is -0.187. The summed E-state index contributed by atoms with van der Waals surface area (Å²) in [5, 5.41) is 0.801. The van der Waals surface area contributed by atoms with Crippen molar-refractivity contribution in [2.75, 3.05) is 7.11 Å². The lowest BCUT2D eigenvalue weighted by Gasteiger charge is -2.10. The van der Waals surface area contributed by atoms with E-state index in [-0.39, 0.29) is 5.75 Å². The number of hydrogen-bond donors (Lipinski definition) is 1. The van der Waals surface area contributed by atoms with Crippen LogP contribution in [0.5, 0.6) is 5.75 Å². The predicted molar refractivity (Wildman–Crippen MR) is 70.6 cm³/mol. The minimum Gasteiger partial charge on any atom is -0.494 e. The molecule has 0 aliphatic rings. The topological polar surface area (TPSA) is 48.1 Å². The van der Waals surface area contributed by atoms with Crippen LogP contribution in [0.4, 0.5) is 4.39 Å². The third kappa shape index (κ3) is 2.37. The molecule has 0 saturated heterocycles. The van der Waals surface area contributed by atoms with E-state index >= 15 is 0 Å². The summed E-state index contributed by atoms with van der Waals surface area (Å²) >= 11 is 1.54. The number of aromatic nitrogens is 1. The van der Waals surface area contributed by atoms with Crippen molar-refractivity contribution in [3.63, 3.8) is 0 Å². The highest BCUT2D eigenvalue weighted by atomic mass is 32.1. The Balaban J connectivity index is 2.33. The van der Waals surface area contributed by atoms with Gasteiger partial charge in [0.2, 0.25) is 0 Å². The van der Waals surface area contributed by atoms with Crippen molar-refractivity contribution in [2.45, 2.75) is 19.9 Å². The molecule has 0 aliphatic carbocycles. The van der Waals surface area contributed by atoms with Crippen LogP contribution in [-0.4, -0.2) is 12.1 Å². The molecule has 3 nitrogen and oxygen atoms in total. The molecule has 1 aromatic heterocycles. The second kappa shape index (κ2) is 5.04. The zero-order valence-electron chi connectivity index (χ0n) is 10.5. The molecule has 2 rings (SSSR count). The number of nitrogens with two attached hydrogens (primary N) is 1. The Morgan fingerprint density at radius 2 is 2.11 bits per heavy atom. The minimum absolute atomic E-state index is 0.220. The van der Waals surface area contributed by atoms with Crippen LogP contribution < -0.4 is 10.5 Å². The number of ether oxygens (including phenoxy) is 1. The summed E-state index contributed by atoms with van der Waals surface area (Å²) in [6.07, 6.45) is 0. The van der Waals surface area contributed by atoms with E-state index in [0.29, 0.717) is 5.56 Å². The molecule has 1 atom stereocenters. The fourth-order valence-corrected chi connectivity index (χ4v) is 2.60. The first-order chi connectivity index (χ1) is 8.52. The second-order valence-electron chi connectivity index (χ2n) is 4.07. The highest BCUT2D eigenvalue weighted by Gasteiger charge is 2.16. The molecule has 96 valence electrons. The van der Waals surface area contributed by atoms with Crippen LogP contribution in [0.1, 0.15) is 27.2 Å². The van der Waals surface area contributed by atoms with Gasteiger partial charge in [-0.05, 0) is 31.5 Å². The maximum absolute atomic E-state index is 13.6. The zero-order chi connectivity index (χ0) is 13.3. The van der Waals surface area contributed by atoms with Crippen LogP contribution in [-0.2, 0) is 0 Å². The summed E-state index contributed by atoms with van der Waals surface area (Å²) in [6, 6.07) is 4.34. The summed E-state index contributed by atoms with van der Waals surface area (Å²) < 4.78 is 18.5. The van der Waals surface area contributed by atoms with Crippen molar-refractivity contribution in [1.82, 2.24) is 4.98 Å². The standard InChI is InChI=1S/C13H15FN2OS/c1-7-8(2)18-13(16-7)12(15)9-4-5-11(17-3)10(14)6-9/h4-6,12H,15H2,1-3H3. The maximum atomic E-state index is 13.6. The van der Waals surface area contributed by atoms with E-state index in [9.17, 15) is 4.39 Å². The summed E-state index contributed by atoms with van der Waals surface area (Å²) in [7, 11) is 1.44. The molecule has 0 radical (unpaired) electrons. The number of hydrogen-bond acceptors (Lipinski definition) is 4. The normalized spacial score (nSPS) is 12.5. The molecule has 0 aliphatic heterocycles. The summed E-state index contributed by atoms with van der Waals surface area (Å²) in [5.41, 5.74) is 7.77. The lowest BCUT2D eigenvalue weighted by molar-refractivity contribution is 0.386. The molecular weight excluding hydrogens is 251 g/mol. The first kappa shape index (κ1) is 13.0. The molecule has 0 bridgehead atoms. The minimum atomic E-state index is -0.407. The summed E-state index contributed by atoms with van der Waals surface area (Å²) in [4.78, 5) is 5.53. The van der Waals surface area contributed by atoms with Crippen LogP contribution in [0.15, 0.2) is 18.2 Å². The van der Waals surface area contributed by atoms with E-state index in [2.05, 4.69) is 4.98 Å². The Kier molecular flexibility index (Phi) is 3.63. The Bertz CT molecular complexity index is 549. The highest BCUT2D eigenvalue weighted by molar-refractivity contribution is 7.11. The Morgan fingerprint density at radius 3 is 2.61 bits per heavy atom. The lowest BCUT2D eigenvalue weighted by Crippen LogP contribution is -2.12. The largest absolute Gasteiger partial charge is 0.494 e. The van der Waals surface area contributed by atoms with Crippen LogP contribution in [0.25, 0.3) is 0 Å². The van der Waals surface area contributed by atoms with E-state index in [4.69, 9.17) is 10.5 Å². The molecule has 0 spiro atoms. The van der Waals surface area contributed by atoms with Gasteiger partial charge in [-0.2, -0.15) is 0 Å². The Morgan fingerprint density at radius 1 is 1.39 bits per heavy atom. The SMILES string of the molecule is COc1ccc(C(N)c2nc(C)c(C)s2)cc1F. The third-order valence-electron chi connectivity index (χ3n) is 2.85. The molecule has 1 heterocycles. The molecule has 0 amide bonds. The van der Waals surface area contributed by atoms with Gasteiger partial charge in [0.1, 0.15) is 5.01 Å². The second-order valence-corrected chi connectivity index (χ2v) is 5.30. The van der Waals surface area contributed by atoms with E-state index in [1.165, 1.54) is 13.2 Å². The molecule has 2 N–H and O–H groups in total. The molecule has 1 aromatic carbocycles. The Hall–Kier alpha value is -1.46. The maximum Gasteiger partial charge on any atom is 0.165 e. The van der Waals surface area contributed by atoms with Gasteiger partial charge in [-0.15, -0.1) is 11.3 Å². The van der Waals surface area contributed by atoms with Crippen molar-refractivity contribution in [1.29, 1.82) is 0 Å². The number of rotatable bonds is 3. The zero-order valence-corrected chi connectivity index (χ0v) is 11.3. The third-order valence-corrected chi connectivity index (χ3v) is 4.00. The molecule has 0 fully saturated rings. The highest BCUT2D eigenvalue weighted by Crippen LogP contribution is 2.28. The van der Waals surface area contributed by atoms with Gasteiger partial charge in [0.25, 0.3) is 0 Å². The quantitative estimate of drug-likeness (QED) is 0.929. The van der Waals surface area contributed by atoms with E-state index in [0.717, 1.165) is 15.6 Å². The molecule has 5 heteroatoms. The molecule has 2 aromatic rings. The van der Waals surface area contributed by atoms with E-state index < -0.39 is 11.9 Å². The van der Waals surface area contributed by atoms with Crippen molar-refractivity contribution >= 4 is 11.3 Å². The predicted octanol–water partition coefficient (Wildman–Crippen LogP) is 2.96. The van der Waals surface area contributed by atoms with Crippen molar-refractivity contribution in [3.05, 3.63) is 45.2 Å². The molecular formula is C13H15FN2OS. The van der Waals surface area contributed by atoms with Gasteiger partial charge in [0, 0.05) is 4.88 Å². The van der Waals surface area contributed by atoms with Crippen molar-refractivity contribution in [2.24, 2.45) is 5.73 Å². The molecule has 18 heavy (non-hydrogen) atoms. The fraction of sp³-hybridized carbons (Fsp3) is 0.308. The Labute approximate surface area is 109 Å². The van der Waals surface area contributed by atoms with Crippen molar-refractivity contribution < 1.29 is 9.13 Å². The van der Waals surface area contributed by atoms with Gasteiger partial charge in [0.15, 0.2) is 11.6 Å². The number of aryl methyl sites for hydroxylation is 2. The summed E-state index contributed by atoms with van der Waals surface area (Å²) in [6.45, 7) is 3.94. The number of halogens is 1. The van der Waals surface area contributed by atoms with Gasteiger partial charge in [-0.1, -0.05) is 6.07 Å².